The van der Waals surface area contributed by atoms with Crippen molar-refractivity contribution < 1.29 is 4.92 Å². The molecule has 17 heavy (non-hydrogen) atoms. The molecule has 1 heterocycles. The number of nitrogens with one attached hydrogen (secondary N) is 2. The zero-order valence-corrected chi connectivity index (χ0v) is 9.69. The number of rotatable bonds is 4. The molecule has 2 N–H and O–H groups in total. The fourth-order valence-electron chi connectivity index (χ4n) is 2.07. The van der Waals surface area contributed by atoms with Gasteiger partial charge in [-0.3, -0.25) is 10.1 Å². The van der Waals surface area contributed by atoms with Crippen LogP contribution in [0.25, 0.3) is 0 Å². The minimum absolute atomic E-state index is 0.131. The summed E-state index contributed by atoms with van der Waals surface area (Å²) in [5, 5.41) is 17.3. The number of hydrogen-bond acceptors (Lipinski definition) is 4. The van der Waals surface area contributed by atoms with Crippen LogP contribution < -0.4 is 10.6 Å². The summed E-state index contributed by atoms with van der Waals surface area (Å²) in [6.07, 6.45) is 3.67. The lowest BCUT2D eigenvalue weighted by Gasteiger charge is -2.24. The maximum absolute atomic E-state index is 10.6. The van der Waals surface area contributed by atoms with Crippen molar-refractivity contribution in [2.24, 2.45) is 0 Å². The van der Waals surface area contributed by atoms with Crippen LogP contribution in [0.4, 0.5) is 11.4 Å². The Morgan fingerprint density at radius 2 is 2.35 bits per heavy atom. The Kier molecular flexibility index (Phi) is 3.93. The molecule has 1 aromatic rings. The monoisotopic (exact) mass is 235 g/mol. The lowest BCUT2D eigenvalue weighted by molar-refractivity contribution is -0.384. The fraction of sp³-hybridized carbons (Fsp3) is 0.500. The van der Waals surface area contributed by atoms with Gasteiger partial charge in [0.2, 0.25) is 0 Å². The predicted octanol–water partition coefficient (Wildman–Crippen LogP) is 2.15. The van der Waals surface area contributed by atoms with E-state index in [2.05, 4.69) is 10.6 Å². The van der Waals surface area contributed by atoms with Gasteiger partial charge in [0.05, 0.1) is 4.92 Å². The molecule has 0 aliphatic carbocycles. The third-order valence-corrected chi connectivity index (χ3v) is 3.02. The van der Waals surface area contributed by atoms with Gasteiger partial charge < -0.3 is 10.6 Å². The average Bonchev–Trinajstić information content (AvgIpc) is 2.38. The number of non-ortho nitro benzene ring substituents is 1. The third-order valence-electron chi connectivity index (χ3n) is 3.02. The summed E-state index contributed by atoms with van der Waals surface area (Å²) in [5.41, 5.74) is 0.943. The Bertz CT molecular complexity index is 389. The van der Waals surface area contributed by atoms with Crippen molar-refractivity contribution in [2.75, 3.05) is 18.4 Å². The van der Waals surface area contributed by atoms with Gasteiger partial charge in [0.15, 0.2) is 0 Å². The van der Waals surface area contributed by atoms with E-state index in [1.54, 1.807) is 12.1 Å². The molecule has 1 fully saturated rings. The molecule has 92 valence electrons. The van der Waals surface area contributed by atoms with E-state index in [0.717, 1.165) is 18.8 Å². The zero-order chi connectivity index (χ0) is 12.1. The van der Waals surface area contributed by atoms with Crippen LogP contribution in [-0.2, 0) is 0 Å². The van der Waals surface area contributed by atoms with Crippen LogP contribution in [0.3, 0.4) is 0 Å². The van der Waals surface area contributed by atoms with E-state index in [9.17, 15) is 10.1 Å². The second kappa shape index (κ2) is 5.63. The maximum Gasteiger partial charge on any atom is 0.271 e. The normalized spacial score (nSPS) is 19.9. The molecular formula is C12H17N3O2. The number of anilines is 1. The second-order valence-electron chi connectivity index (χ2n) is 4.34. The number of nitro groups is 1. The smallest absolute Gasteiger partial charge is 0.271 e. The molecule has 1 unspecified atom stereocenters. The summed E-state index contributed by atoms with van der Waals surface area (Å²) in [6, 6.07) is 7.11. The number of benzene rings is 1. The molecule has 1 aromatic carbocycles. The summed E-state index contributed by atoms with van der Waals surface area (Å²) in [4.78, 5) is 10.3. The summed E-state index contributed by atoms with van der Waals surface area (Å²) in [7, 11) is 0. The van der Waals surface area contributed by atoms with E-state index in [4.69, 9.17) is 0 Å². The molecule has 0 bridgehead atoms. The predicted molar refractivity (Wildman–Crippen MR) is 67.2 cm³/mol. The molecule has 1 atom stereocenters. The lowest BCUT2D eigenvalue weighted by Crippen LogP contribution is -2.39. The Morgan fingerprint density at radius 3 is 3.06 bits per heavy atom. The second-order valence-corrected chi connectivity index (χ2v) is 4.34. The van der Waals surface area contributed by atoms with E-state index in [1.165, 1.54) is 25.3 Å². The van der Waals surface area contributed by atoms with Crippen LogP contribution in [0.15, 0.2) is 24.3 Å². The van der Waals surface area contributed by atoms with E-state index in [1.807, 2.05) is 6.07 Å². The Morgan fingerprint density at radius 1 is 1.47 bits per heavy atom. The summed E-state index contributed by atoms with van der Waals surface area (Å²) >= 11 is 0. The van der Waals surface area contributed by atoms with Gasteiger partial charge >= 0.3 is 0 Å². The highest BCUT2D eigenvalue weighted by molar-refractivity contribution is 5.50. The molecule has 0 spiro atoms. The van der Waals surface area contributed by atoms with Crippen molar-refractivity contribution in [1.29, 1.82) is 0 Å². The highest BCUT2D eigenvalue weighted by Gasteiger charge is 2.12. The van der Waals surface area contributed by atoms with E-state index in [0.29, 0.717) is 6.04 Å². The van der Waals surface area contributed by atoms with Crippen LogP contribution in [0, 0.1) is 10.1 Å². The van der Waals surface area contributed by atoms with Crippen LogP contribution in [0.1, 0.15) is 19.3 Å². The molecule has 1 aliphatic rings. The summed E-state index contributed by atoms with van der Waals surface area (Å²) in [5.74, 6) is 0. The molecule has 0 saturated carbocycles. The van der Waals surface area contributed by atoms with Gasteiger partial charge in [-0.25, -0.2) is 0 Å². The zero-order valence-electron chi connectivity index (χ0n) is 9.69. The molecule has 1 aliphatic heterocycles. The van der Waals surface area contributed by atoms with Gasteiger partial charge in [0.1, 0.15) is 0 Å². The Hall–Kier alpha value is -1.62. The molecule has 2 rings (SSSR count). The SMILES string of the molecule is O=[N+]([O-])c1cccc(NCC2CCCCN2)c1. The van der Waals surface area contributed by atoms with Gasteiger partial charge in [0, 0.05) is 30.4 Å². The molecule has 5 nitrogen and oxygen atoms in total. The minimum atomic E-state index is -0.371. The quantitative estimate of drug-likeness (QED) is 0.620. The van der Waals surface area contributed by atoms with Crippen LogP contribution in [-0.4, -0.2) is 24.1 Å². The van der Waals surface area contributed by atoms with Gasteiger partial charge in [-0.2, -0.15) is 0 Å². The number of piperidine rings is 1. The first-order valence-electron chi connectivity index (χ1n) is 5.97. The highest BCUT2D eigenvalue weighted by atomic mass is 16.6. The van der Waals surface area contributed by atoms with Crippen molar-refractivity contribution in [3.63, 3.8) is 0 Å². The van der Waals surface area contributed by atoms with E-state index >= 15 is 0 Å². The first kappa shape index (κ1) is 11.9. The molecule has 0 radical (unpaired) electrons. The van der Waals surface area contributed by atoms with Crippen LogP contribution in [0.2, 0.25) is 0 Å². The summed E-state index contributed by atoms with van der Waals surface area (Å²) in [6.45, 7) is 1.89. The summed E-state index contributed by atoms with van der Waals surface area (Å²) < 4.78 is 0. The van der Waals surface area contributed by atoms with Crippen molar-refractivity contribution >= 4 is 11.4 Å². The van der Waals surface area contributed by atoms with Crippen molar-refractivity contribution in [3.05, 3.63) is 34.4 Å². The fourth-order valence-corrected chi connectivity index (χ4v) is 2.07. The Labute approximate surface area is 100 Å². The van der Waals surface area contributed by atoms with Crippen LogP contribution in [0.5, 0.6) is 0 Å². The number of nitro benzene ring substituents is 1. The highest BCUT2D eigenvalue weighted by Crippen LogP contribution is 2.17. The van der Waals surface area contributed by atoms with Crippen molar-refractivity contribution in [3.8, 4) is 0 Å². The van der Waals surface area contributed by atoms with Crippen LogP contribution >= 0.6 is 0 Å². The standard InChI is InChI=1S/C12H17N3O2/c16-15(17)12-6-3-5-10(8-12)14-9-11-4-1-2-7-13-11/h3,5-6,8,11,13-14H,1-2,4,7,9H2. The van der Waals surface area contributed by atoms with Gasteiger partial charge in [-0.1, -0.05) is 12.5 Å². The first-order valence-corrected chi connectivity index (χ1v) is 5.97. The molecular weight excluding hydrogens is 218 g/mol. The van der Waals surface area contributed by atoms with Gasteiger partial charge in [-0.15, -0.1) is 0 Å². The molecule has 1 saturated heterocycles. The molecule has 5 heteroatoms. The van der Waals surface area contributed by atoms with Crippen molar-refractivity contribution in [1.82, 2.24) is 5.32 Å². The van der Waals surface area contributed by atoms with Gasteiger partial charge in [0.25, 0.3) is 5.69 Å². The number of nitrogens with zero attached hydrogens (tertiary/aromatic N) is 1. The molecule has 0 aromatic heterocycles. The minimum Gasteiger partial charge on any atom is -0.383 e. The Balaban J connectivity index is 1.89. The topological polar surface area (TPSA) is 67.2 Å². The number of hydrogen-bond donors (Lipinski definition) is 2. The third kappa shape index (κ3) is 3.42. The van der Waals surface area contributed by atoms with Crippen molar-refractivity contribution in [2.45, 2.75) is 25.3 Å². The van der Waals surface area contributed by atoms with Gasteiger partial charge in [-0.05, 0) is 25.5 Å². The first-order chi connectivity index (χ1) is 8.25. The average molecular weight is 235 g/mol. The van der Waals surface area contributed by atoms with E-state index in [-0.39, 0.29) is 10.6 Å². The lowest BCUT2D eigenvalue weighted by atomic mass is 10.1. The largest absolute Gasteiger partial charge is 0.383 e. The molecule has 0 amide bonds. The van der Waals surface area contributed by atoms with E-state index < -0.39 is 0 Å². The maximum atomic E-state index is 10.6.